The zero-order valence-corrected chi connectivity index (χ0v) is 17.3. The van der Waals surface area contributed by atoms with Crippen molar-refractivity contribution >= 4 is 30.1 Å². The highest BCUT2D eigenvalue weighted by atomic mass is 35.5. The van der Waals surface area contributed by atoms with Crippen LogP contribution in [0.4, 0.5) is 0 Å². The lowest BCUT2D eigenvalue weighted by atomic mass is 9.78. The maximum absolute atomic E-state index is 12.5. The number of rotatable bonds is 3. The molecule has 0 aliphatic carbocycles. The number of amides is 1. The Kier molecular flexibility index (Phi) is 6.86. The van der Waals surface area contributed by atoms with Gasteiger partial charge in [0.15, 0.2) is 0 Å². The average Bonchev–Trinajstić information content (AvgIpc) is 3.01. The fourth-order valence-electron chi connectivity index (χ4n) is 3.74. The molecule has 2 aliphatic rings. The zero-order valence-electron chi connectivity index (χ0n) is 15.6. The molecule has 3 rings (SSSR count). The molecule has 2 saturated heterocycles. The molecule has 0 radical (unpaired) electrons. The number of thioether (sulfide) groups is 1. The predicted molar refractivity (Wildman–Crippen MR) is 109 cm³/mol. The van der Waals surface area contributed by atoms with Crippen molar-refractivity contribution in [2.45, 2.75) is 50.3 Å². The molecule has 1 spiro atoms. The number of carbonyl (C=O) groups excluding carboxylic acids is 1. The van der Waals surface area contributed by atoms with Crippen LogP contribution in [-0.2, 0) is 10.2 Å². The van der Waals surface area contributed by atoms with Crippen molar-refractivity contribution in [2.75, 3.05) is 31.9 Å². The summed E-state index contributed by atoms with van der Waals surface area (Å²) in [5.74, 6) is 0.848. The summed E-state index contributed by atoms with van der Waals surface area (Å²) in [6.45, 7) is 10.8. The summed E-state index contributed by atoms with van der Waals surface area (Å²) in [4.78, 5) is 15.7. The van der Waals surface area contributed by atoms with Gasteiger partial charge in [0.2, 0.25) is 5.91 Å². The summed E-state index contributed by atoms with van der Waals surface area (Å²) in [5.41, 5.74) is 1.99. The molecular formula is C20H31ClN2OS. The van der Waals surface area contributed by atoms with Gasteiger partial charge >= 0.3 is 0 Å². The minimum absolute atomic E-state index is 0. The number of benzene rings is 1. The lowest BCUT2D eigenvalue weighted by molar-refractivity contribution is -0.130. The van der Waals surface area contributed by atoms with E-state index in [1.165, 1.54) is 16.9 Å². The monoisotopic (exact) mass is 382 g/mol. The molecule has 0 saturated carbocycles. The van der Waals surface area contributed by atoms with Crippen LogP contribution in [0.5, 0.6) is 0 Å². The highest BCUT2D eigenvalue weighted by Gasteiger charge is 2.37. The third-order valence-corrected chi connectivity index (χ3v) is 6.59. The van der Waals surface area contributed by atoms with Crippen LogP contribution in [0, 0.1) is 5.41 Å². The van der Waals surface area contributed by atoms with E-state index >= 15 is 0 Å². The van der Waals surface area contributed by atoms with Gasteiger partial charge in [0.25, 0.3) is 0 Å². The number of likely N-dealkylation sites (tertiary alicyclic amines) is 1. The first-order chi connectivity index (χ1) is 11.4. The van der Waals surface area contributed by atoms with Gasteiger partial charge in [-0.25, -0.2) is 0 Å². The van der Waals surface area contributed by atoms with Crippen LogP contribution in [0.3, 0.4) is 0 Å². The highest BCUT2D eigenvalue weighted by Crippen LogP contribution is 2.37. The fraction of sp³-hybridized carbons (Fsp3) is 0.650. The number of nitrogens with one attached hydrogen (secondary N) is 1. The minimum Gasteiger partial charge on any atom is -0.342 e. The van der Waals surface area contributed by atoms with Crippen molar-refractivity contribution < 1.29 is 4.79 Å². The summed E-state index contributed by atoms with van der Waals surface area (Å²) >= 11 is 1.66. The van der Waals surface area contributed by atoms with Gasteiger partial charge in [-0.2, -0.15) is 0 Å². The van der Waals surface area contributed by atoms with E-state index in [1.807, 2.05) is 0 Å². The predicted octanol–water partition coefficient (Wildman–Crippen LogP) is 4.10. The Morgan fingerprint density at radius 2 is 1.80 bits per heavy atom. The maximum Gasteiger partial charge on any atom is 0.232 e. The van der Waals surface area contributed by atoms with Crippen molar-refractivity contribution in [1.29, 1.82) is 0 Å². The minimum atomic E-state index is 0. The molecule has 0 unspecified atom stereocenters. The molecular weight excluding hydrogens is 352 g/mol. The van der Waals surface area contributed by atoms with Gasteiger partial charge in [-0.05, 0) is 54.3 Å². The van der Waals surface area contributed by atoms with Crippen LogP contribution in [0.25, 0.3) is 0 Å². The van der Waals surface area contributed by atoms with E-state index in [2.05, 4.69) is 55.3 Å². The van der Waals surface area contributed by atoms with Crippen LogP contribution in [-0.4, -0.2) is 42.7 Å². The molecule has 3 nitrogen and oxygen atoms in total. The summed E-state index contributed by atoms with van der Waals surface area (Å²) < 4.78 is 0. The van der Waals surface area contributed by atoms with Gasteiger partial charge in [0.05, 0.1) is 5.75 Å². The molecule has 1 amide bonds. The Morgan fingerprint density at radius 1 is 1.16 bits per heavy atom. The number of nitrogens with zero attached hydrogens (tertiary/aromatic N) is 1. The molecule has 0 atom stereocenters. The second kappa shape index (κ2) is 8.32. The van der Waals surface area contributed by atoms with Gasteiger partial charge in [0, 0.05) is 24.5 Å². The maximum atomic E-state index is 12.5. The SMILES string of the molecule is CC(C)(C)c1ccc(SCC(=O)N2CCC3(CCNC3)CC2)cc1.Cl. The first-order valence-corrected chi connectivity index (χ1v) is 10.1. The molecule has 25 heavy (non-hydrogen) atoms. The average molecular weight is 383 g/mol. The lowest BCUT2D eigenvalue weighted by Crippen LogP contribution is -2.44. The lowest BCUT2D eigenvalue weighted by Gasteiger charge is -2.38. The number of hydrogen-bond acceptors (Lipinski definition) is 3. The number of halogens is 1. The second-order valence-electron chi connectivity index (χ2n) is 8.37. The quantitative estimate of drug-likeness (QED) is 0.799. The molecule has 1 aromatic rings. The van der Waals surface area contributed by atoms with Gasteiger partial charge in [0.1, 0.15) is 0 Å². The first kappa shape index (κ1) is 20.6. The van der Waals surface area contributed by atoms with E-state index in [1.54, 1.807) is 11.8 Å². The van der Waals surface area contributed by atoms with Crippen molar-refractivity contribution in [3.63, 3.8) is 0 Å². The third-order valence-electron chi connectivity index (χ3n) is 5.59. The molecule has 140 valence electrons. The standard InChI is InChI=1S/C20H30N2OS.ClH/c1-19(2,3)16-4-6-17(7-5-16)24-14-18(23)22-12-9-20(10-13-22)8-11-21-15-20;/h4-7,21H,8-15H2,1-3H3;1H. The van der Waals surface area contributed by atoms with Crippen LogP contribution in [0.2, 0.25) is 0 Å². The van der Waals surface area contributed by atoms with Crippen LogP contribution in [0.15, 0.2) is 29.2 Å². The van der Waals surface area contributed by atoms with E-state index in [0.29, 0.717) is 17.1 Å². The smallest absolute Gasteiger partial charge is 0.232 e. The molecule has 2 heterocycles. The Balaban J connectivity index is 0.00000225. The van der Waals surface area contributed by atoms with Crippen LogP contribution < -0.4 is 5.32 Å². The van der Waals surface area contributed by atoms with Gasteiger partial charge in [-0.3, -0.25) is 4.79 Å². The number of piperidine rings is 1. The molecule has 2 fully saturated rings. The van der Waals surface area contributed by atoms with Gasteiger partial charge < -0.3 is 10.2 Å². The van der Waals surface area contributed by atoms with Gasteiger partial charge in [-0.15, -0.1) is 24.2 Å². The Hall–Kier alpha value is -0.710. The Bertz CT molecular complexity index is 566. The van der Waals surface area contributed by atoms with E-state index in [4.69, 9.17) is 0 Å². The fourth-order valence-corrected chi connectivity index (χ4v) is 4.54. The topological polar surface area (TPSA) is 32.3 Å². The highest BCUT2D eigenvalue weighted by molar-refractivity contribution is 8.00. The largest absolute Gasteiger partial charge is 0.342 e. The summed E-state index contributed by atoms with van der Waals surface area (Å²) in [6.07, 6.45) is 3.61. The van der Waals surface area contributed by atoms with Crippen LogP contribution >= 0.6 is 24.2 Å². The van der Waals surface area contributed by atoms with E-state index in [0.717, 1.165) is 39.0 Å². The van der Waals surface area contributed by atoms with Gasteiger partial charge in [-0.1, -0.05) is 32.9 Å². The zero-order chi connectivity index (χ0) is 17.2. The van der Waals surface area contributed by atoms with Crippen molar-refractivity contribution in [3.8, 4) is 0 Å². The third kappa shape index (κ3) is 5.15. The normalized spacial score (nSPS) is 19.7. The van der Waals surface area contributed by atoms with Crippen LogP contribution in [0.1, 0.15) is 45.6 Å². The second-order valence-corrected chi connectivity index (χ2v) is 9.42. The number of carbonyl (C=O) groups is 1. The Morgan fingerprint density at radius 3 is 2.32 bits per heavy atom. The van der Waals surface area contributed by atoms with Crippen molar-refractivity contribution in [1.82, 2.24) is 10.2 Å². The van der Waals surface area contributed by atoms with E-state index in [-0.39, 0.29) is 17.8 Å². The molecule has 2 aliphatic heterocycles. The van der Waals surface area contributed by atoms with Crippen molar-refractivity contribution in [2.24, 2.45) is 5.41 Å². The van der Waals surface area contributed by atoms with Crippen molar-refractivity contribution in [3.05, 3.63) is 29.8 Å². The summed E-state index contributed by atoms with van der Waals surface area (Å²) in [7, 11) is 0. The number of hydrogen-bond donors (Lipinski definition) is 1. The van der Waals surface area contributed by atoms with E-state index < -0.39 is 0 Å². The Labute approximate surface area is 162 Å². The molecule has 0 bridgehead atoms. The summed E-state index contributed by atoms with van der Waals surface area (Å²) in [6, 6.07) is 8.66. The summed E-state index contributed by atoms with van der Waals surface area (Å²) in [5, 5.41) is 3.48. The van der Waals surface area contributed by atoms with E-state index in [9.17, 15) is 4.79 Å². The molecule has 1 aromatic carbocycles. The molecule has 5 heteroatoms. The first-order valence-electron chi connectivity index (χ1n) is 9.10. The molecule has 1 N–H and O–H groups in total. The molecule has 0 aromatic heterocycles.